The second-order valence-electron chi connectivity index (χ2n) is 5.09. The molecule has 0 atom stereocenters. The highest BCUT2D eigenvalue weighted by atomic mass is 32.1. The van der Waals surface area contributed by atoms with Crippen LogP contribution in [0.1, 0.15) is 24.8 Å². The minimum absolute atomic E-state index is 0.0762. The molecule has 0 unspecified atom stereocenters. The number of aromatic amines is 1. The van der Waals surface area contributed by atoms with Crippen LogP contribution in [0.4, 0.5) is 0 Å². The lowest BCUT2D eigenvalue weighted by molar-refractivity contribution is -0.0695. The summed E-state index contributed by atoms with van der Waals surface area (Å²) in [5.41, 5.74) is 2.42. The third-order valence-corrected chi connectivity index (χ3v) is 4.83. The van der Waals surface area contributed by atoms with Crippen LogP contribution in [0.15, 0.2) is 23.7 Å². The van der Waals surface area contributed by atoms with Crippen molar-refractivity contribution in [2.45, 2.75) is 31.4 Å². The van der Waals surface area contributed by atoms with E-state index in [9.17, 15) is 0 Å². The predicted octanol–water partition coefficient (Wildman–Crippen LogP) is 2.80. The number of ether oxygens (including phenoxy) is 1. The molecule has 19 heavy (non-hydrogen) atoms. The van der Waals surface area contributed by atoms with Gasteiger partial charge in [0.05, 0.1) is 22.4 Å². The number of methoxy groups -OCH3 is 1. The third kappa shape index (κ3) is 2.59. The van der Waals surface area contributed by atoms with Crippen LogP contribution < -0.4 is 5.32 Å². The van der Waals surface area contributed by atoms with Crippen LogP contribution in [-0.4, -0.2) is 29.5 Å². The fraction of sp³-hybridized carbons (Fsp3) is 0.500. The number of thiophene rings is 1. The van der Waals surface area contributed by atoms with E-state index in [1.165, 1.54) is 29.7 Å². The maximum Gasteiger partial charge on any atom is 0.0802 e. The Bertz CT molecular complexity index is 511. The lowest BCUT2D eigenvalue weighted by Gasteiger charge is -2.40. The summed E-state index contributed by atoms with van der Waals surface area (Å²) >= 11 is 1.73. The normalized spacial score (nSPS) is 17.3. The van der Waals surface area contributed by atoms with Crippen molar-refractivity contribution in [2.75, 3.05) is 13.7 Å². The van der Waals surface area contributed by atoms with Crippen LogP contribution in [0.25, 0.3) is 10.6 Å². The second-order valence-corrected chi connectivity index (χ2v) is 6.04. The van der Waals surface area contributed by atoms with Gasteiger partial charge in [0, 0.05) is 25.8 Å². The quantitative estimate of drug-likeness (QED) is 0.853. The smallest absolute Gasteiger partial charge is 0.0802 e. The molecule has 1 aliphatic rings. The number of aromatic nitrogens is 2. The Kier molecular flexibility index (Phi) is 3.68. The number of hydrogen-bond acceptors (Lipinski definition) is 4. The van der Waals surface area contributed by atoms with Crippen LogP contribution >= 0.6 is 11.3 Å². The van der Waals surface area contributed by atoms with Gasteiger partial charge in [-0.2, -0.15) is 5.10 Å². The third-order valence-electron chi connectivity index (χ3n) is 3.95. The molecule has 2 heterocycles. The van der Waals surface area contributed by atoms with E-state index in [-0.39, 0.29) is 5.60 Å². The lowest BCUT2D eigenvalue weighted by atomic mass is 9.80. The number of rotatable bonds is 6. The van der Waals surface area contributed by atoms with E-state index in [1.807, 2.05) is 13.3 Å². The van der Waals surface area contributed by atoms with Gasteiger partial charge in [0.1, 0.15) is 0 Å². The molecule has 2 N–H and O–H groups in total. The molecule has 2 aromatic rings. The van der Waals surface area contributed by atoms with Crippen molar-refractivity contribution in [1.82, 2.24) is 15.5 Å². The summed E-state index contributed by atoms with van der Waals surface area (Å²) in [5.74, 6) is 0. The van der Waals surface area contributed by atoms with Crippen molar-refractivity contribution >= 4 is 11.3 Å². The van der Waals surface area contributed by atoms with Crippen LogP contribution in [0.3, 0.4) is 0 Å². The molecule has 0 bridgehead atoms. The van der Waals surface area contributed by atoms with Gasteiger partial charge in [0.25, 0.3) is 0 Å². The average molecular weight is 277 g/mol. The van der Waals surface area contributed by atoms with E-state index >= 15 is 0 Å². The Morgan fingerprint density at radius 2 is 2.42 bits per heavy atom. The van der Waals surface area contributed by atoms with Gasteiger partial charge in [-0.1, -0.05) is 6.07 Å². The summed E-state index contributed by atoms with van der Waals surface area (Å²) in [7, 11) is 1.82. The van der Waals surface area contributed by atoms with E-state index in [4.69, 9.17) is 4.74 Å². The summed E-state index contributed by atoms with van der Waals surface area (Å²) in [6.07, 6.45) is 5.52. The number of nitrogens with zero attached hydrogens (tertiary/aromatic N) is 1. The molecule has 0 saturated heterocycles. The van der Waals surface area contributed by atoms with E-state index in [0.29, 0.717) is 0 Å². The highest BCUT2D eigenvalue weighted by molar-refractivity contribution is 7.13. The first-order valence-electron chi connectivity index (χ1n) is 6.65. The maximum atomic E-state index is 5.61. The van der Waals surface area contributed by atoms with Crippen molar-refractivity contribution < 1.29 is 4.74 Å². The van der Waals surface area contributed by atoms with Gasteiger partial charge in [-0.3, -0.25) is 5.10 Å². The molecule has 4 nitrogen and oxygen atoms in total. The summed E-state index contributed by atoms with van der Waals surface area (Å²) in [4.78, 5) is 1.24. The molecule has 102 valence electrons. The molecule has 1 saturated carbocycles. The van der Waals surface area contributed by atoms with E-state index < -0.39 is 0 Å². The summed E-state index contributed by atoms with van der Waals surface area (Å²) in [6.45, 7) is 1.74. The summed E-state index contributed by atoms with van der Waals surface area (Å²) in [5, 5.41) is 12.8. The van der Waals surface area contributed by atoms with Gasteiger partial charge in [-0.25, -0.2) is 0 Å². The SMILES string of the molecule is COC1(CNCc2cn[nH]c2-c2cccs2)CCC1. The standard InChI is InChI=1S/C14H19N3OS/c1-18-14(5-3-6-14)10-15-8-11-9-16-17-13(11)12-4-2-7-19-12/h2,4,7,9,15H,3,5-6,8,10H2,1H3,(H,16,17). The maximum absolute atomic E-state index is 5.61. The molecule has 0 aromatic carbocycles. The second kappa shape index (κ2) is 5.45. The van der Waals surface area contributed by atoms with Gasteiger partial charge < -0.3 is 10.1 Å². The minimum atomic E-state index is 0.0762. The zero-order chi connectivity index (χ0) is 13.1. The van der Waals surface area contributed by atoms with E-state index in [0.717, 1.165) is 18.8 Å². The van der Waals surface area contributed by atoms with Crippen molar-refractivity contribution in [3.63, 3.8) is 0 Å². The van der Waals surface area contributed by atoms with Crippen LogP contribution in [0.5, 0.6) is 0 Å². The molecular weight excluding hydrogens is 258 g/mol. The Balaban J connectivity index is 1.60. The predicted molar refractivity (Wildman–Crippen MR) is 77.2 cm³/mol. The molecular formula is C14H19N3OS. The fourth-order valence-electron chi connectivity index (χ4n) is 2.53. The van der Waals surface area contributed by atoms with Crippen molar-refractivity contribution in [3.8, 4) is 10.6 Å². The van der Waals surface area contributed by atoms with Crippen molar-refractivity contribution in [3.05, 3.63) is 29.3 Å². The largest absolute Gasteiger partial charge is 0.377 e. The molecule has 3 rings (SSSR count). The first-order valence-corrected chi connectivity index (χ1v) is 7.53. The molecule has 0 amide bonds. The molecule has 1 aliphatic carbocycles. The molecule has 0 aliphatic heterocycles. The summed E-state index contributed by atoms with van der Waals surface area (Å²) in [6, 6.07) is 4.18. The van der Waals surface area contributed by atoms with Gasteiger partial charge >= 0.3 is 0 Å². The molecule has 0 spiro atoms. The Hall–Kier alpha value is -1.17. The van der Waals surface area contributed by atoms with Crippen LogP contribution in [-0.2, 0) is 11.3 Å². The van der Waals surface area contributed by atoms with Gasteiger partial charge in [-0.15, -0.1) is 11.3 Å². The zero-order valence-electron chi connectivity index (χ0n) is 11.1. The number of nitrogens with one attached hydrogen (secondary N) is 2. The Morgan fingerprint density at radius 1 is 1.53 bits per heavy atom. The first kappa shape index (κ1) is 12.8. The van der Waals surface area contributed by atoms with Crippen molar-refractivity contribution in [1.29, 1.82) is 0 Å². The molecule has 1 fully saturated rings. The summed E-state index contributed by atoms with van der Waals surface area (Å²) < 4.78 is 5.61. The molecule has 2 aromatic heterocycles. The highest BCUT2D eigenvalue weighted by Gasteiger charge is 2.36. The highest BCUT2D eigenvalue weighted by Crippen LogP contribution is 2.34. The van der Waals surface area contributed by atoms with Crippen LogP contribution in [0.2, 0.25) is 0 Å². The first-order chi connectivity index (χ1) is 9.33. The molecule has 5 heteroatoms. The van der Waals surface area contributed by atoms with Crippen LogP contribution in [0, 0.1) is 0 Å². The molecule has 0 radical (unpaired) electrons. The van der Waals surface area contributed by atoms with Gasteiger partial charge in [0.15, 0.2) is 0 Å². The van der Waals surface area contributed by atoms with E-state index in [1.54, 1.807) is 11.3 Å². The van der Waals surface area contributed by atoms with Crippen molar-refractivity contribution in [2.24, 2.45) is 0 Å². The fourth-order valence-corrected chi connectivity index (χ4v) is 3.28. The monoisotopic (exact) mass is 277 g/mol. The Labute approximate surface area is 117 Å². The van der Waals surface area contributed by atoms with Gasteiger partial charge in [-0.05, 0) is 30.7 Å². The minimum Gasteiger partial charge on any atom is -0.377 e. The lowest BCUT2D eigenvalue weighted by Crippen LogP contribution is -2.47. The number of hydrogen-bond donors (Lipinski definition) is 2. The van der Waals surface area contributed by atoms with Gasteiger partial charge in [0.2, 0.25) is 0 Å². The number of H-pyrrole nitrogens is 1. The Morgan fingerprint density at radius 3 is 3.05 bits per heavy atom. The zero-order valence-corrected chi connectivity index (χ0v) is 11.9. The van der Waals surface area contributed by atoms with E-state index in [2.05, 4.69) is 33.0 Å². The topological polar surface area (TPSA) is 49.9 Å². The average Bonchev–Trinajstić information content (AvgIpc) is 3.02.